The van der Waals surface area contributed by atoms with Crippen LogP contribution in [-0.4, -0.2) is 21.2 Å². The number of aromatic nitrogens is 3. The van der Waals surface area contributed by atoms with Gasteiger partial charge in [-0.1, -0.05) is 30.3 Å². The Kier molecular flexibility index (Phi) is 4.84. The Morgan fingerprint density at radius 3 is 2.50 bits per heavy atom. The molecule has 0 amide bonds. The van der Waals surface area contributed by atoms with Crippen molar-refractivity contribution in [3.8, 4) is 17.1 Å². The molecule has 0 aliphatic rings. The van der Waals surface area contributed by atoms with Gasteiger partial charge in [0.15, 0.2) is 5.65 Å². The van der Waals surface area contributed by atoms with Crippen molar-refractivity contribution in [2.24, 2.45) is 5.73 Å². The van der Waals surface area contributed by atoms with Crippen molar-refractivity contribution in [1.82, 2.24) is 15.0 Å². The lowest BCUT2D eigenvalue weighted by Gasteiger charge is -2.06. The highest BCUT2D eigenvalue weighted by molar-refractivity contribution is 6.07. The van der Waals surface area contributed by atoms with Crippen molar-refractivity contribution in [3.63, 3.8) is 0 Å². The molecule has 2 aromatic carbocycles. The molecule has 0 spiro atoms. The number of nitrogens with two attached hydrogens (primary N) is 1. The zero-order valence-corrected chi connectivity index (χ0v) is 15.1. The predicted molar refractivity (Wildman–Crippen MR) is 111 cm³/mol. The molecule has 138 valence electrons. The molecule has 2 heterocycles. The van der Waals surface area contributed by atoms with Gasteiger partial charge in [-0.25, -0.2) is 9.97 Å². The third kappa shape index (κ3) is 3.61. The van der Waals surface area contributed by atoms with Gasteiger partial charge in [0.1, 0.15) is 18.2 Å². The van der Waals surface area contributed by atoms with Crippen LogP contribution in [0.15, 0.2) is 72.9 Å². The number of hydrogen-bond acceptors (Lipinski definition) is 5. The van der Waals surface area contributed by atoms with Gasteiger partial charge in [0.2, 0.25) is 0 Å². The number of fused-ring (bicyclic) bond motifs is 1. The minimum absolute atomic E-state index is 0.529. The molecule has 0 atom stereocenters. The van der Waals surface area contributed by atoms with Gasteiger partial charge >= 0.3 is 0 Å². The quantitative estimate of drug-likeness (QED) is 0.444. The fraction of sp³-hybridized carbons (Fsp3) is 0.0455. The minimum Gasteiger partial charge on any atom is -0.489 e. The monoisotopic (exact) mass is 369 g/mol. The van der Waals surface area contributed by atoms with Crippen molar-refractivity contribution in [1.29, 1.82) is 5.41 Å². The number of nitrogens with zero attached hydrogens (tertiary/aromatic N) is 2. The number of allylic oxidation sites excluding steroid dienone is 1. The summed E-state index contributed by atoms with van der Waals surface area (Å²) in [7, 11) is 0. The summed E-state index contributed by atoms with van der Waals surface area (Å²) in [6.07, 6.45) is 2.54. The first-order chi connectivity index (χ1) is 13.8. The van der Waals surface area contributed by atoms with E-state index in [1.165, 1.54) is 12.4 Å². The van der Waals surface area contributed by atoms with Gasteiger partial charge in [-0.05, 0) is 42.0 Å². The molecule has 0 radical (unpaired) electrons. The molecule has 0 aliphatic heterocycles. The maximum absolute atomic E-state index is 7.40. The van der Waals surface area contributed by atoms with E-state index in [1.54, 1.807) is 0 Å². The highest BCUT2D eigenvalue weighted by atomic mass is 16.5. The van der Waals surface area contributed by atoms with Gasteiger partial charge in [-0.2, -0.15) is 0 Å². The molecule has 0 saturated heterocycles. The molecule has 4 N–H and O–H groups in total. The fourth-order valence-corrected chi connectivity index (χ4v) is 2.85. The van der Waals surface area contributed by atoms with Crippen LogP contribution in [0.25, 0.3) is 28.1 Å². The molecule has 0 fully saturated rings. The third-order valence-corrected chi connectivity index (χ3v) is 4.35. The lowest BCUT2D eigenvalue weighted by molar-refractivity contribution is 0.306. The lowest BCUT2D eigenvalue weighted by Crippen LogP contribution is -1.94. The van der Waals surface area contributed by atoms with Crippen molar-refractivity contribution >= 4 is 23.0 Å². The average molecular weight is 369 g/mol. The maximum atomic E-state index is 7.40. The number of ether oxygens (including phenoxy) is 1. The second-order valence-electron chi connectivity index (χ2n) is 6.22. The summed E-state index contributed by atoms with van der Waals surface area (Å²) < 4.78 is 5.83. The molecule has 28 heavy (non-hydrogen) atoms. The van der Waals surface area contributed by atoms with Crippen molar-refractivity contribution < 1.29 is 4.74 Å². The van der Waals surface area contributed by atoms with E-state index < -0.39 is 0 Å². The summed E-state index contributed by atoms with van der Waals surface area (Å²) in [6, 6.07) is 21.5. The van der Waals surface area contributed by atoms with Gasteiger partial charge < -0.3 is 20.9 Å². The Labute approximate surface area is 162 Å². The molecule has 0 aliphatic carbocycles. The molecule has 0 saturated carbocycles. The van der Waals surface area contributed by atoms with Gasteiger partial charge in [-0.15, -0.1) is 0 Å². The lowest BCUT2D eigenvalue weighted by atomic mass is 10.2. The number of aromatic amines is 1. The molecule has 2 aromatic heterocycles. The van der Waals surface area contributed by atoms with Gasteiger partial charge in [0.25, 0.3) is 0 Å². The van der Waals surface area contributed by atoms with Crippen LogP contribution >= 0.6 is 0 Å². The highest BCUT2D eigenvalue weighted by Crippen LogP contribution is 2.23. The van der Waals surface area contributed by atoms with Crippen LogP contribution in [0.3, 0.4) is 0 Å². The summed E-state index contributed by atoms with van der Waals surface area (Å²) in [6.45, 7) is 0.529. The van der Waals surface area contributed by atoms with Crippen LogP contribution in [-0.2, 0) is 6.61 Å². The maximum Gasteiger partial charge on any atom is 0.178 e. The van der Waals surface area contributed by atoms with E-state index in [-0.39, 0.29) is 0 Å². The summed E-state index contributed by atoms with van der Waals surface area (Å²) in [5.41, 5.74) is 10.2. The third-order valence-electron chi connectivity index (χ3n) is 4.35. The topological polar surface area (TPSA) is 101 Å². The van der Waals surface area contributed by atoms with Gasteiger partial charge in [0.05, 0.1) is 11.2 Å². The number of H-pyrrole nitrogens is 1. The van der Waals surface area contributed by atoms with Crippen LogP contribution in [0.1, 0.15) is 11.3 Å². The summed E-state index contributed by atoms with van der Waals surface area (Å²) in [5, 5.41) is 7.40. The zero-order chi connectivity index (χ0) is 19.3. The number of pyridine rings is 1. The number of rotatable bonds is 6. The second kappa shape index (κ2) is 7.75. The van der Waals surface area contributed by atoms with E-state index in [0.29, 0.717) is 23.5 Å². The smallest absolute Gasteiger partial charge is 0.178 e. The van der Waals surface area contributed by atoms with E-state index in [2.05, 4.69) is 15.0 Å². The first kappa shape index (κ1) is 17.5. The normalized spacial score (nSPS) is 11.5. The molecular weight excluding hydrogens is 350 g/mol. The molecule has 4 aromatic rings. The Hall–Kier alpha value is -3.93. The number of hydrogen-bond donors (Lipinski definition) is 3. The van der Waals surface area contributed by atoms with Crippen LogP contribution in [0.5, 0.6) is 5.75 Å². The van der Waals surface area contributed by atoms with E-state index in [4.69, 9.17) is 15.9 Å². The largest absolute Gasteiger partial charge is 0.489 e. The number of benzene rings is 2. The SMILES string of the molecule is N=C/C(=C\N)c1ccc2[nH]c(-c3ccc(OCc4ccccc4)cc3)nc2n1. The fourth-order valence-electron chi connectivity index (χ4n) is 2.85. The first-order valence-electron chi connectivity index (χ1n) is 8.83. The number of nitrogens with one attached hydrogen (secondary N) is 2. The Balaban J connectivity index is 1.53. The molecule has 6 heteroatoms. The van der Waals surface area contributed by atoms with Crippen LogP contribution in [0.4, 0.5) is 0 Å². The Morgan fingerprint density at radius 1 is 1.00 bits per heavy atom. The van der Waals surface area contributed by atoms with E-state index in [1.807, 2.05) is 66.7 Å². The molecule has 0 unspecified atom stereocenters. The predicted octanol–water partition coefficient (Wildman–Crippen LogP) is 4.15. The minimum atomic E-state index is 0.529. The van der Waals surface area contributed by atoms with Crippen LogP contribution in [0.2, 0.25) is 0 Å². The molecule has 4 rings (SSSR count). The van der Waals surface area contributed by atoms with Gasteiger partial charge in [0, 0.05) is 23.6 Å². The van der Waals surface area contributed by atoms with E-state index in [0.717, 1.165) is 28.2 Å². The first-order valence-corrected chi connectivity index (χ1v) is 8.83. The van der Waals surface area contributed by atoms with Gasteiger partial charge in [-0.3, -0.25) is 0 Å². The average Bonchev–Trinajstić information content (AvgIpc) is 3.18. The second-order valence-corrected chi connectivity index (χ2v) is 6.22. The van der Waals surface area contributed by atoms with E-state index in [9.17, 15) is 0 Å². The summed E-state index contributed by atoms with van der Waals surface area (Å²) >= 11 is 0. The Morgan fingerprint density at radius 2 is 1.79 bits per heavy atom. The number of imidazole rings is 1. The standard InChI is InChI=1S/C22H19N5O/c23-12-17(13-24)19-10-11-20-22(25-19)27-21(26-20)16-6-8-18(9-7-16)28-14-15-4-2-1-3-5-15/h1-13,23H,14,24H2,(H,25,26,27)/b17-13+,23-12?. The summed E-state index contributed by atoms with van der Waals surface area (Å²) in [5.74, 6) is 1.52. The molecule has 0 bridgehead atoms. The van der Waals surface area contributed by atoms with Crippen LogP contribution < -0.4 is 10.5 Å². The molecule has 6 nitrogen and oxygen atoms in total. The summed E-state index contributed by atoms with van der Waals surface area (Å²) in [4.78, 5) is 12.3. The van der Waals surface area contributed by atoms with Crippen LogP contribution in [0, 0.1) is 5.41 Å². The molecular formula is C22H19N5O. The van der Waals surface area contributed by atoms with Crippen molar-refractivity contribution in [2.75, 3.05) is 0 Å². The van der Waals surface area contributed by atoms with Crippen molar-refractivity contribution in [2.45, 2.75) is 6.61 Å². The Bertz CT molecular complexity index is 1130. The van der Waals surface area contributed by atoms with Crippen molar-refractivity contribution in [3.05, 3.63) is 84.2 Å². The van der Waals surface area contributed by atoms with E-state index >= 15 is 0 Å². The zero-order valence-electron chi connectivity index (χ0n) is 15.1. The highest BCUT2D eigenvalue weighted by Gasteiger charge is 2.09.